The zero-order chi connectivity index (χ0) is 23.8. The minimum absolute atomic E-state index is 0.0428. The predicted molar refractivity (Wildman–Crippen MR) is 132 cm³/mol. The number of rotatable bonds is 9. The van der Waals surface area contributed by atoms with Gasteiger partial charge in [0.2, 0.25) is 5.91 Å². The van der Waals surface area contributed by atoms with Crippen LogP contribution in [0.5, 0.6) is 5.75 Å². The number of ether oxygens (including phenoxy) is 1. The van der Waals surface area contributed by atoms with E-state index in [-0.39, 0.29) is 19.1 Å². The van der Waals surface area contributed by atoms with Crippen LogP contribution < -0.4 is 10.1 Å². The van der Waals surface area contributed by atoms with Gasteiger partial charge in [0.1, 0.15) is 11.8 Å². The van der Waals surface area contributed by atoms with E-state index in [1.54, 1.807) is 42.5 Å². The van der Waals surface area contributed by atoms with E-state index < -0.39 is 11.9 Å². The standard InChI is InChI=1S/C25H23Cl3N2O3/c1-29-25(32)23(13-17-7-3-2-4-8-17)30(15-20-21(27)11-6-12-22(20)28)24(31)16-33-19-10-5-9-18(26)14-19/h2-12,14,23H,13,15-16H2,1H3,(H,29,32). The quantitative estimate of drug-likeness (QED) is 0.423. The van der Waals surface area contributed by atoms with Crippen molar-refractivity contribution in [1.82, 2.24) is 10.2 Å². The molecule has 0 saturated carbocycles. The summed E-state index contributed by atoms with van der Waals surface area (Å²) in [6, 6.07) is 20.5. The number of carbonyl (C=O) groups excluding carboxylic acids is 2. The number of hydrogen-bond donors (Lipinski definition) is 1. The van der Waals surface area contributed by atoms with Gasteiger partial charge in [0.25, 0.3) is 5.91 Å². The van der Waals surface area contributed by atoms with Crippen molar-refractivity contribution < 1.29 is 14.3 Å². The molecule has 3 aromatic carbocycles. The van der Waals surface area contributed by atoms with E-state index >= 15 is 0 Å². The second-order valence-corrected chi connectivity index (χ2v) is 8.54. The third-order valence-electron chi connectivity index (χ3n) is 5.07. The lowest BCUT2D eigenvalue weighted by Gasteiger charge is -2.31. The van der Waals surface area contributed by atoms with Crippen molar-refractivity contribution in [3.63, 3.8) is 0 Å². The van der Waals surface area contributed by atoms with Crippen molar-refractivity contribution in [2.24, 2.45) is 0 Å². The molecule has 0 aliphatic rings. The van der Waals surface area contributed by atoms with Gasteiger partial charge in [0.05, 0.1) is 0 Å². The van der Waals surface area contributed by atoms with Crippen LogP contribution in [0.2, 0.25) is 15.1 Å². The topological polar surface area (TPSA) is 58.6 Å². The maximum atomic E-state index is 13.4. The third-order valence-corrected chi connectivity index (χ3v) is 6.01. The Labute approximate surface area is 208 Å². The molecular formula is C25H23Cl3N2O3. The number of nitrogens with zero attached hydrogens (tertiary/aromatic N) is 1. The van der Waals surface area contributed by atoms with Crippen LogP contribution in [-0.2, 0) is 22.6 Å². The van der Waals surface area contributed by atoms with E-state index in [9.17, 15) is 9.59 Å². The van der Waals surface area contributed by atoms with Gasteiger partial charge in [0.15, 0.2) is 6.61 Å². The van der Waals surface area contributed by atoms with Gasteiger partial charge >= 0.3 is 0 Å². The number of benzene rings is 3. The highest BCUT2D eigenvalue weighted by molar-refractivity contribution is 6.36. The number of hydrogen-bond acceptors (Lipinski definition) is 3. The first-order valence-electron chi connectivity index (χ1n) is 10.2. The average molecular weight is 506 g/mol. The largest absolute Gasteiger partial charge is 0.484 e. The third kappa shape index (κ3) is 6.87. The molecule has 1 unspecified atom stereocenters. The molecule has 0 fully saturated rings. The summed E-state index contributed by atoms with van der Waals surface area (Å²) in [4.78, 5) is 27.7. The molecule has 0 radical (unpaired) electrons. The van der Waals surface area contributed by atoms with Crippen molar-refractivity contribution in [2.75, 3.05) is 13.7 Å². The highest BCUT2D eigenvalue weighted by atomic mass is 35.5. The van der Waals surface area contributed by atoms with Crippen LogP contribution in [0.25, 0.3) is 0 Å². The zero-order valence-corrected chi connectivity index (χ0v) is 20.2. The molecule has 0 bridgehead atoms. The van der Waals surface area contributed by atoms with E-state index in [0.29, 0.717) is 32.8 Å². The summed E-state index contributed by atoms with van der Waals surface area (Å²) in [5, 5.41) is 3.97. The Bertz CT molecular complexity index is 1090. The Morgan fingerprint density at radius 3 is 2.24 bits per heavy atom. The molecule has 172 valence electrons. The Morgan fingerprint density at radius 2 is 1.61 bits per heavy atom. The summed E-state index contributed by atoms with van der Waals surface area (Å²) in [7, 11) is 1.54. The fourth-order valence-corrected chi connectivity index (χ4v) is 4.06. The van der Waals surface area contributed by atoms with Gasteiger partial charge in [0, 0.05) is 40.6 Å². The molecule has 8 heteroatoms. The smallest absolute Gasteiger partial charge is 0.261 e. The lowest BCUT2D eigenvalue weighted by Crippen LogP contribution is -2.51. The molecule has 0 heterocycles. The van der Waals surface area contributed by atoms with Crippen molar-refractivity contribution >= 4 is 46.6 Å². The average Bonchev–Trinajstić information content (AvgIpc) is 2.81. The first-order chi connectivity index (χ1) is 15.9. The van der Waals surface area contributed by atoms with Crippen LogP contribution in [0.1, 0.15) is 11.1 Å². The predicted octanol–water partition coefficient (Wildman–Crippen LogP) is 5.41. The lowest BCUT2D eigenvalue weighted by molar-refractivity contribution is -0.142. The molecule has 0 aliphatic carbocycles. The second-order valence-electron chi connectivity index (χ2n) is 7.29. The van der Waals surface area contributed by atoms with Crippen molar-refractivity contribution in [3.8, 4) is 5.75 Å². The molecule has 3 rings (SSSR count). The molecule has 2 amide bonds. The minimum atomic E-state index is -0.805. The maximum absolute atomic E-state index is 13.4. The van der Waals surface area contributed by atoms with Crippen LogP contribution in [0.15, 0.2) is 72.8 Å². The number of carbonyl (C=O) groups is 2. The van der Waals surface area contributed by atoms with E-state index in [1.165, 1.54) is 11.9 Å². The molecule has 3 aromatic rings. The van der Waals surface area contributed by atoms with Crippen LogP contribution in [-0.4, -0.2) is 36.4 Å². The fraction of sp³-hybridized carbons (Fsp3) is 0.200. The zero-order valence-electron chi connectivity index (χ0n) is 17.9. The monoisotopic (exact) mass is 504 g/mol. The summed E-state index contributed by atoms with van der Waals surface area (Å²) in [5.41, 5.74) is 1.46. The van der Waals surface area contributed by atoms with E-state index in [1.807, 2.05) is 30.3 Å². The minimum Gasteiger partial charge on any atom is -0.484 e. The van der Waals surface area contributed by atoms with Gasteiger partial charge in [-0.1, -0.05) is 77.3 Å². The first kappa shape index (κ1) is 24.9. The Kier molecular flexibility index (Phi) is 9.01. The Morgan fingerprint density at radius 1 is 0.939 bits per heavy atom. The van der Waals surface area contributed by atoms with E-state index in [2.05, 4.69) is 5.32 Å². The van der Waals surface area contributed by atoms with Gasteiger partial charge in [-0.3, -0.25) is 9.59 Å². The van der Waals surface area contributed by atoms with Crippen molar-refractivity contribution in [3.05, 3.63) is 99.0 Å². The highest BCUT2D eigenvalue weighted by Gasteiger charge is 2.31. The van der Waals surface area contributed by atoms with Gasteiger partial charge in [-0.25, -0.2) is 0 Å². The molecule has 1 N–H and O–H groups in total. The number of halogens is 3. The van der Waals surface area contributed by atoms with Crippen LogP contribution >= 0.6 is 34.8 Å². The van der Waals surface area contributed by atoms with Crippen molar-refractivity contribution in [2.45, 2.75) is 19.0 Å². The summed E-state index contributed by atoms with van der Waals surface area (Å²) < 4.78 is 5.67. The fourth-order valence-electron chi connectivity index (χ4n) is 3.36. The SMILES string of the molecule is CNC(=O)C(Cc1ccccc1)N(Cc1c(Cl)cccc1Cl)C(=O)COc1cccc(Cl)c1. The van der Waals surface area contributed by atoms with Crippen LogP contribution in [0.4, 0.5) is 0 Å². The Balaban J connectivity index is 1.92. The van der Waals surface area contributed by atoms with Crippen LogP contribution in [0, 0.1) is 0 Å². The van der Waals surface area contributed by atoms with Crippen LogP contribution in [0.3, 0.4) is 0 Å². The first-order valence-corrected chi connectivity index (χ1v) is 11.4. The van der Waals surface area contributed by atoms with Gasteiger partial charge in [-0.05, 0) is 35.9 Å². The molecule has 0 aliphatic heterocycles. The normalized spacial score (nSPS) is 11.5. The molecular weight excluding hydrogens is 483 g/mol. The Hall–Kier alpha value is -2.73. The number of amides is 2. The van der Waals surface area contributed by atoms with Gasteiger partial charge in [-0.2, -0.15) is 0 Å². The summed E-state index contributed by atoms with van der Waals surface area (Å²) >= 11 is 18.8. The summed E-state index contributed by atoms with van der Waals surface area (Å²) in [6.07, 6.45) is 0.311. The molecule has 0 saturated heterocycles. The lowest BCUT2D eigenvalue weighted by atomic mass is 10.0. The maximum Gasteiger partial charge on any atom is 0.261 e. The molecule has 1 atom stereocenters. The molecule has 33 heavy (non-hydrogen) atoms. The molecule has 0 spiro atoms. The molecule has 0 aromatic heterocycles. The summed E-state index contributed by atoms with van der Waals surface area (Å²) in [5.74, 6) is -0.250. The molecule has 5 nitrogen and oxygen atoms in total. The van der Waals surface area contributed by atoms with E-state index in [0.717, 1.165) is 5.56 Å². The highest BCUT2D eigenvalue weighted by Crippen LogP contribution is 2.27. The summed E-state index contributed by atoms with van der Waals surface area (Å²) in [6.45, 7) is -0.244. The van der Waals surface area contributed by atoms with Crippen molar-refractivity contribution in [1.29, 1.82) is 0 Å². The number of nitrogens with one attached hydrogen (secondary N) is 1. The number of likely N-dealkylation sites (N-methyl/N-ethyl adjacent to an activating group) is 1. The van der Waals surface area contributed by atoms with Gasteiger partial charge in [-0.15, -0.1) is 0 Å². The van der Waals surface area contributed by atoms with Gasteiger partial charge < -0.3 is 15.0 Å². The second kappa shape index (κ2) is 11.9. The van der Waals surface area contributed by atoms with E-state index in [4.69, 9.17) is 39.5 Å².